The summed E-state index contributed by atoms with van der Waals surface area (Å²) < 4.78 is 7.22. The minimum absolute atomic E-state index is 0.0646. The maximum absolute atomic E-state index is 12.5. The fourth-order valence-corrected chi connectivity index (χ4v) is 2.97. The molecule has 0 saturated carbocycles. The van der Waals surface area contributed by atoms with Gasteiger partial charge in [0.25, 0.3) is 5.91 Å². The predicted molar refractivity (Wildman–Crippen MR) is 95.9 cm³/mol. The quantitative estimate of drug-likeness (QED) is 0.848. The van der Waals surface area contributed by atoms with Gasteiger partial charge in [0.1, 0.15) is 24.4 Å². The zero-order valence-corrected chi connectivity index (χ0v) is 15.2. The maximum atomic E-state index is 12.5. The van der Waals surface area contributed by atoms with Crippen LogP contribution < -0.4 is 15.0 Å². The molecule has 1 aromatic heterocycles. The van der Waals surface area contributed by atoms with Crippen molar-refractivity contribution >= 4 is 17.5 Å². The van der Waals surface area contributed by atoms with Gasteiger partial charge in [0.2, 0.25) is 5.91 Å². The number of fused-ring (bicyclic) bond motifs is 1. The summed E-state index contributed by atoms with van der Waals surface area (Å²) in [6.45, 7) is 6.45. The third-order valence-corrected chi connectivity index (χ3v) is 4.20. The van der Waals surface area contributed by atoms with Gasteiger partial charge in [-0.15, -0.1) is 0 Å². The van der Waals surface area contributed by atoms with Crippen LogP contribution in [0.2, 0.25) is 0 Å². The van der Waals surface area contributed by atoms with Crippen molar-refractivity contribution in [3.8, 4) is 5.75 Å². The molecule has 0 bridgehead atoms. The van der Waals surface area contributed by atoms with Crippen molar-refractivity contribution in [3.05, 3.63) is 35.9 Å². The normalized spacial score (nSPS) is 14.6. The van der Waals surface area contributed by atoms with Crippen LogP contribution in [0.5, 0.6) is 5.75 Å². The highest BCUT2D eigenvalue weighted by molar-refractivity contribution is 6.02. The Morgan fingerprint density at radius 2 is 2.23 bits per heavy atom. The summed E-state index contributed by atoms with van der Waals surface area (Å²) in [5.74, 6) is 0.815. The molecule has 1 aliphatic heterocycles. The lowest BCUT2D eigenvalue weighted by Crippen LogP contribution is -2.45. The lowest BCUT2D eigenvalue weighted by atomic mass is 10.1. The Morgan fingerprint density at radius 3 is 3.00 bits per heavy atom. The first-order valence-electron chi connectivity index (χ1n) is 8.70. The number of amides is 2. The van der Waals surface area contributed by atoms with E-state index in [1.54, 1.807) is 4.68 Å². The molecule has 1 N–H and O–H groups in total. The molecule has 0 saturated heterocycles. The Labute approximate surface area is 152 Å². The molecule has 0 spiro atoms. The number of rotatable bonds is 6. The molecule has 3 rings (SSSR count). The van der Waals surface area contributed by atoms with Crippen LogP contribution >= 0.6 is 0 Å². The van der Waals surface area contributed by atoms with E-state index in [2.05, 4.69) is 22.3 Å². The first kappa shape index (κ1) is 17.9. The number of anilines is 1. The van der Waals surface area contributed by atoms with Crippen LogP contribution in [0, 0.1) is 6.92 Å². The van der Waals surface area contributed by atoms with Crippen LogP contribution in [0.3, 0.4) is 0 Å². The highest BCUT2D eigenvalue weighted by Crippen LogP contribution is 2.32. The molecule has 0 fully saturated rings. The molecule has 0 aliphatic carbocycles. The van der Waals surface area contributed by atoms with Gasteiger partial charge in [0.15, 0.2) is 6.61 Å². The molecular formula is C18H23N5O3. The molecule has 26 heavy (non-hydrogen) atoms. The standard InChI is InChI=1S/C18H23N5O3/c1-4-7-23-18(19-11-20-23)13(3)21-16(24)9-22-14-8-12(2)5-6-15(14)26-10-17(22)25/h5-6,8,11,13H,4,7,9-10H2,1-3H3,(H,21,24). The van der Waals surface area contributed by atoms with Gasteiger partial charge in [-0.25, -0.2) is 9.67 Å². The van der Waals surface area contributed by atoms with Crippen LogP contribution in [0.25, 0.3) is 0 Å². The van der Waals surface area contributed by atoms with Gasteiger partial charge in [0, 0.05) is 6.54 Å². The molecule has 2 heterocycles. The van der Waals surface area contributed by atoms with Gasteiger partial charge in [-0.1, -0.05) is 13.0 Å². The molecule has 2 amide bonds. The number of nitrogens with zero attached hydrogens (tertiary/aromatic N) is 4. The van der Waals surface area contributed by atoms with Crippen molar-refractivity contribution in [1.29, 1.82) is 0 Å². The van der Waals surface area contributed by atoms with Crippen molar-refractivity contribution in [2.45, 2.75) is 39.8 Å². The van der Waals surface area contributed by atoms with E-state index in [-0.39, 0.29) is 31.0 Å². The van der Waals surface area contributed by atoms with E-state index < -0.39 is 0 Å². The van der Waals surface area contributed by atoms with Crippen LogP contribution in [0.1, 0.15) is 37.7 Å². The second-order valence-corrected chi connectivity index (χ2v) is 6.37. The average molecular weight is 357 g/mol. The first-order chi connectivity index (χ1) is 12.5. The summed E-state index contributed by atoms with van der Waals surface area (Å²) in [6.07, 6.45) is 2.41. The summed E-state index contributed by atoms with van der Waals surface area (Å²) in [7, 11) is 0. The second kappa shape index (κ2) is 7.55. The number of aryl methyl sites for hydroxylation is 2. The molecule has 138 valence electrons. The number of ether oxygens (including phenoxy) is 1. The van der Waals surface area contributed by atoms with E-state index in [9.17, 15) is 9.59 Å². The van der Waals surface area contributed by atoms with Gasteiger partial charge >= 0.3 is 0 Å². The second-order valence-electron chi connectivity index (χ2n) is 6.37. The highest BCUT2D eigenvalue weighted by Gasteiger charge is 2.28. The van der Waals surface area contributed by atoms with Crippen molar-refractivity contribution in [2.24, 2.45) is 0 Å². The van der Waals surface area contributed by atoms with E-state index in [1.807, 2.05) is 32.0 Å². The lowest BCUT2D eigenvalue weighted by Gasteiger charge is -2.29. The Hall–Kier alpha value is -2.90. The maximum Gasteiger partial charge on any atom is 0.265 e. The van der Waals surface area contributed by atoms with Crippen LogP contribution in [-0.2, 0) is 16.1 Å². The van der Waals surface area contributed by atoms with Crippen molar-refractivity contribution in [1.82, 2.24) is 20.1 Å². The number of aromatic nitrogens is 3. The molecular weight excluding hydrogens is 334 g/mol. The molecule has 1 atom stereocenters. The topological polar surface area (TPSA) is 89.4 Å². The summed E-state index contributed by atoms with van der Waals surface area (Å²) in [4.78, 5) is 30.5. The number of benzene rings is 1. The van der Waals surface area contributed by atoms with Gasteiger partial charge in [-0.05, 0) is 38.0 Å². The minimum Gasteiger partial charge on any atom is -0.482 e. The largest absolute Gasteiger partial charge is 0.482 e. The van der Waals surface area contributed by atoms with Gasteiger partial charge in [-0.2, -0.15) is 5.10 Å². The van der Waals surface area contributed by atoms with Gasteiger partial charge in [0.05, 0.1) is 11.7 Å². The van der Waals surface area contributed by atoms with E-state index in [4.69, 9.17) is 4.74 Å². The Bertz CT molecular complexity index is 817. The molecule has 2 aromatic rings. The molecule has 1 aromatic carbocycles. The Balaban J connectivity index is 1.71. The zero-order chi connectivity index (χ0) is 18.7. The first-order valence-corrected chi connectivity index (χ1v) is 8.70. The Morgan fingerprint density at radius 1 is 1.42 bits per heavy atom. The van der Waals surface area contributed by atoms with E-state index in [0.717, 1.165) is 18.5 Å². The number of carbonyl (C=O) groups is 2. The number of hydrogen-bond acceptors (Lipinski definition) is 5. The van der Waals surface area contributed by atoms with Crippen LogP contribution in [-0.4, -0.2) is 39.7 Å². The fourth-order valence-electron chi connectivity index (χ4n) is 2.97. The van der Waals surface area contributed by atoms with Crippen molar-refractivity contribution in [3.63, 3.8) is 0 Å². The minimum atomic E-state index is -0.301. The number of hydrogen-bond donors (Lipinski definition) is 1. The van der Waals surface area contributed by atoms with E-state index >= 15 is 0 Å². The third-order valence-electron chi connectivity index (χ3n) is 4.20. The van der Waals surface area contributed by atoms with Crippen molar-refractivity contribution < 1.29 is 14.3 Å². The third kappa shape index (κ3) is 3.68. The van der Waals surface area contributed by atoms with Crippen LogP contribution in [0.15, 0.2) is 24.5 Å². The summed E-state index contributed by atoms with van der Waals surface area (Å²) in [5.41, 5.74) is 1.62. The smallest absolute Gasteiger partial charge is 0.265 e. The SMILES string of the molecule is CCCn1ncnc1C(C)NC(=O)CN1C(=O)COc2ccc(C)cc21. The fraction of sp³-hybridized carbons (Fsp3) is 0.444. The average Bonchev–Trinajstić information content (AvgIpc) is 3.06. The summed E-state index contributed by atoms with van der Waals surface area (Å²) >= 11 is 0. The summed E-state index contributed by atoms with van der Waals surface area (Å²) in [6, 6.07) is 5.28. The summed E-state index contributed by atoms with van der Waals surface area (Å²) in [5, 5.41) is 7.07. The molecule has 1 unspecified atom stereocenters. The number of nitrogens with one attached hydrogen (secondary N) is 1. The lowest BCUT2D eigenvalue weighted by molar-refractivity contribution is -0.125. The van der Waals surface area contributed by atoms with Gasteiger partial charge in [-0.3, -0.25) is 14.5 Å². The molecule has 1 aliphatic rings. The van der Waals surface area contributed by atoms with Gasteiger partial charge < -0.3 is 10.1 Å². The molecule has 0 radical (unpaired) electrons. The van der Waals surface area contributed by atoms with E-state index in [0.29, 0.717) is 17.3 Å². The van der Waals surface area contributed by atoms with E-state index in [1.165, 1.54) is 11.2 Å². The molecule has 8 nitrogen and oxygen atoms in total. The number of carbonyl (C=O) groups excluding carboxylic acids is 2. The predicted octanol–water partition coefficient (Wildman–Crippen LogP) is 1.60. The zero-order valence-electron chi connectivity index (χ0n) is 15.2. The highest BCUT2D eigenvalue weighted by atomic mass is 16.5. The Kier molecular flexibility index (Phi) is 5.20. The monoisotopic (exact) mass is 357 g/mol. The molecule has 8 heteroatoms. The van der Waals surface area contributed by atoms with Crippen LogP contribution in [0.4, 0.5) is 5.69 Å². The van der Waals surface area contributed by atoms with Crippen molar-refractivity contribution in [2.75, 3.05) is 18.1 Å².